The number of para-hydroxylation sites is 2. The molecule has 1 fully saturated rings. The number of nitrogens with zero attached hydrogens (tertiary/aromatic N) is 3. The predicted molar refractivity (Wildman–Crippen MR) is 123 cm³/mol. The van der Waals surface area contributed by atoms with Crippen LogP contribution in [0.1, 0.15) is 12.5 Å². The minimum atomic E-state index is -0.437. The van der Waals surface area contributed by atoms with Crippen molar-refractivity contribution >= 4 is 35.6 Å². The summed E-state index contributed by atoms with van der Waals surface area (Å²) in [6, 6.07) is 10.8. The van der Waals surface area contributed by atoms with Crippen LogP contribution in [-0.2, 0) is 6.42 Å². The molecule has 2 aromatic carbocycles. The van der Waals surface area contributed by atoms with Crippen LogP contribution in [0.15, 0.2) is 47.5 Å². The van der Waals surface area contributed by atoms with Crippen molar-refractivity contribution in [3.8, 4) is 5.75 Å². The van der Waals surface area contributed by atoms with Crippen LogP contribution in [0.3, 0.4) is 0 Å². The van der Waals surface area contributed by atoms with E-state index < -0.39 is 11.6 Å². The van der Waals surface area contributed by atoms with Gasteiger partial charge in [-0.15, -0.1) is 24.0 Å². The Morgan fingerprint density at radius 3 is 2.52 bits per heavy atom. The van der Waals surface area contributed by atoms with Crippen LogP contribution in [0.25, 0.3) is 0 Å². The Labute approximate surface area is 187 Å². The molecule has 0 aromatic heterocycles. The first-order valence-corrected chi connectivity index (χ1v) is 9.58. The Kier molecular flexibility index (Phi) is 8.94. The van der Waals surface area contributed by atoms with Gasteiger partial charge in [0.25, 0.3) is 0 Å². The summed E-state index contributed by atoms with van der Waals surface area (Å²) >= 11 is 0. The smallest absolute Gasteiger partial charge is 0.194 e. The topological polar surface area (TPSA) is 51.1 Å². The first kappa shape index (κ1) is 23.2. The summed E-state index contributed by atoms with van der Waals surface area (Å²) in [5.41, 5.74) is 1.18. The highest BCUT2D eigenvalue weighted by molar-refractivity contribution is 14.0. The quantitative estimate of drug-likeness (QED) is 0.362. The molecule has 0 unspecified atom stereocenters. The molecular formula is C21H27F2IN4O. The van der Waals surface area contributed by atoms with Crippen LogP contribution in [0.5, 0.6) is 5.75 Å². The molecule has 1 heterocycles. The minimum Gasteiger partial charge on any atom is -0.506 e. The molecule has 1 aliphatic rings. The third-order valence-electron chi connectivity index (χ3n) is 4.79. The number of halogens is 3. The maximum Gasteiger partial charge on any atom is 0.194 e. The van der Waals surface area contributed by atoms with Gasteiger partial charge in [0.2, 0.25) is 0 Å². The summed E-state index contributed by atoms with van der Waals surface area (Å²) < 4.78 is 27.1. The molecule has 3 rings (SSSR count). The summed E-state index contributed by atoms with van der Waals surface area (Å²) in [6.45, 7) is 6.15. The van der Waals surface area contributed by atoms with Crippen LogP contribution >= 0.6 is 24.0 Å². The van der Waals surface area contributed by atoms with E-state index in [-0.39, 0.29) is 29.7 Å². The average molecular weight is 516 g/mol. The zero-order valence-electron chi connectivity index (χ0n) is 16.4. The van der Waals surface area contributed by atoms with Gasteiger partial charge in [0.15, 0.2) is 5.96 Å². The third kappa shape index (κ3) is 6.19. The highest BCUT2D eigenvalue weighted by Gasteiger charge is 2.21. The number of benzene rings is 2. The molecule has 158 valence electrons. The third-order valence-corrected chi connectivity index (χ3v) is 4.79. The van der Waals surface area contributed by atoms with E-state index in [4.69, 9.17) is 0 Å². The van der Waals surface area contributed by atoms with E-state index in [0.717, 1.165) is 56.5 Å². The van der Waals surface area contributed by atoms with E-state index in [9.17, 15) is 13.9 Å². The Morgan fingerprint density at radius 1 is 1.10 bits per heavy atom. The largest absolute Gasteiger partial charge is 0.506 e. The fourth-order valence-corrected chi connectivity index (χ4v) is 3.33. The van der Waals surface area contributed by atoms with Crippen LogP contribution in [0, 0.1) is 11.6 Å². The second-order valence-electron chi connectivity index (χ2n) is 6.68. The Bertz CT molecular complexity index is 826. The van der Waals surface area contributed by atoms with Gasteiger partial charge >= 0.3 is 0 Å². The number of hydrogen-bond donors (Lipinski definition) is 2. The lowest BCUT2D eigenvalue weighted by Gasteiger charge is -2.37. The van der Waals surface area contributed by atoms with Gasteiger partial charge in [0.05, 0.1) is 5.69 Å². The molecule has 2 aromatic rings. The molecule has 0 amide bonds. The number of piperazine rings is 1. The minimum absolute atomic E-state index is 0. The Balaban J connectivity index is 0.00000300. The first-order valence-electron chi connectivity index (χ1n) is 9.58. The highest BCUT2D eigenvalue weighted by Crippen LogP contribution is 2.27. The van der Waals surface area contributed by atoms with E-state index in [0.29, 0.717) is 18.5 Å². The van der Waals surface area contributed by atoms with Crippen molar-refractivity contribution in [3.05, 3.63) is 59.7 Å². The van der Waals surface area contributed by atoms with Gasteiger partial charge in [0.1, 0.15) is 17.4 Å². The molecule has 0 aliphatic carbocycles. The molecule has 8 heteroatoms. The van der Waals surface area contributed by atoms with Crippen molar-refractivity contribution in [2.45, 2.75) is 13.3 Å². The first-order chi connectivity index (χ1) is 13.6. The molecular weight excluding hydrogens is 489 g/mol. The SMILES string of the molecule is CCNC(=NCCc1cc(F)ccc1F)N1CCN(c2ccccc2O)CC1.I. The molecule has 0 radical (unpaired) electrons. The number of anilines is 1. The summed E-state index contributed by atoms with van der Waals surface area (Å²) in [7, 11) is 0. The molecule has 5 nitrogen and oxygen atoms in total. The van der Waals surface area contributed by atoms with Crippen molar-refractivity contribution in [2.75, 3.05) is 44.2 Å². The zero-order valence-corrected chi connectivity index (χ0v) is 18.8. The molecule has 0 atom stereocenters. The number of phenols is 1. The van der Waals surface area contributed by atoms with E-state index in [1.807, 2.05) is 25.1 Å². The fourth-order valence-electron chi connectivity index (χ4n) is 3.33. The van der Waals surface area contributed by atoms with Crippen LogP contribution < -0.4 is 10.2 Å². The number of rotatable bonds is 5. The lowest BCUT2D eigenvalue weighted by atomic mass is 10.1. The molecule has 0 spiro atoms. The molecule has 0 bridgehead atoms. The number of guanidine groups is 1. The summed E-state index contributed by atoms with van der Waals surface area (Å²) in [5, 5.41) is 13.3. The highest BCUT2D eigenvalue weighted by atomic mass is 127. The number of aromatic hydroxyl groups is 1. The summed E-state index contributed by atoms with van der Waals surface area (Å²) in [5.74, 6) is 0.218. The van der Waals surface area contributed by atoms with Gasteiger partial charge in [-0.05, 0) is 49.2 Å². The monoisotopic (exact) mass is 516 g/mol. The number of phenolic OH excluding ortho intramolecular Hbond substituents is 1. The maximum absolute atomic E-state index is 13.8. The molecule has 1 saturated heterocycles. The van der Waals surface area contributed by atoms with Gasteiger partial charge in [-0.1, -0.05) is 12.1 Å². The predicted octanol–water partition coefficient (Wildman–Crippen LogP) is 3.62. The zero-order chi connectivity index (χ0) is 19.9. The van der Waals surface area contributed by atoms with E-state index in [1.165, 1.54) is 6.07 Å². The number of hydrogen-bond acceptors (Lipinski definition) is 3. The Morgan fingerprint density at radius 2 is 1.83 bits per heavy atom. The van der Waals surface area contributed by atoms with Crippen LogP contribution in [0.2, 0.25) is 0 Å². The lowest BCUT2D eigenvalue weighted by Crippen LogP contribution is -2.52. The summed E-state index contributed by atoms with van der Waals surface area (Å²) in [6.07, 6.45) is 0.344. The second-order valence-corrected chi connectivity index (χ2v) is 6.68. The molecule has 0 saturated carbocycles. The summed E-state index contributed by atoms with van der Waals surface area (Å²) in [4.78, 5) is 8.90. The van der Waals surface area contributed by atoms with Gasteiger partial charge in [-0.25, -0.2) is 8.78 Å². The normalized spacial score (nSPS) is 14.5. The average Bonchev–Trinajstić information content (AvgIpc) is 2.70. The van der Waals surface area contributed by atoms with Gasteiger partial charge < -0.3 is 20.2 Å². The van der Waals surface area contributed by atoms with E-state index >= 15 is 0 Å². The van der Waals surface area contributed by atoms with Crippen LogP contribution in [-0.4, -0.2) is 55.2 Å². The maximum atomic E-state index is 13.8. The van der Waals surface area contributed by atoms with Crippen molar-refractivity contribution < 1.29 is 13.9 Å². The van der Waals surface area contributed by atoms with Gasteiger partial charge in [-0.3, -0.25) is 4.99 Å². The molecule has 29 heavy (non-hydrogen) atoms. The Hall–Kier alpha value is -2.10. The van der Waals surface area contributed by atoms with Crippen molar-refractivity contribution in [3.63, 3.8) is 0 Å². The van der Waals surface area contributed by atoms with Crippen molar-refractivity contribution in [1.29, 1.82) is 0 Å². The molecule has 2 N–H and O–H groups in total. The van der Waals surface area contributed by atoms with Gasteiger partial charge in [0, 0.05) is 39.3 Å². The van der Waals surface area contributed by atoms with Gasteiger partial charge in [-0.2, -0.15) is 0 Å². The second kappa shape index (κ2) is 11.2. The van der Waals surface area contributed by atoms with Crippen molar-refractivity contribution in [1.82, 2.24) is 10.2 Å². The number of aliphatic imine (C=N–C) groups is 1. The lowest BCUT2D eigenvalue weighted by molar-refractivity contribution is 0.370. The van der Waals surface area contributed by atoms with E-state index in [2.05, 4.69) is 20.1 Å². The standard InChI is InChI=1S/C21H26F2N4O.HI/c1-2-24-21(25-10-9-16-15-17(22)7-8-18(16)23)27-13-11-26(12-14-27)19-5-3-4-6-20(19)28;/h3-8,15,28H,2,9-14H2,1H3,(H,24,25);1H. The number of nitrogens with one attached hydrogen (secondary N) is 1. The fraction of sp³-hybridized carbons (Fsp3) is 0.381. The van der Waals surface area contributed by atoms with Crippen molar-refractivity contribution in [2.24, 2.45) is 4.99 Å². The van der Waals surface area contributed by atoms with E-state index in [1.54, 1.807) is 6.07 Å². The van der Waals surface area contributed by atoms with Crippen LogP contribution in [0.4, 0.5) is 14.5 Å². The molecule has 1 aliphatic heterocycles.